The molecule has 1 aliphatic carbocycles. The molecule has 1 aliphatic heterocycles. The fourth-order valence-electron chi connectivity index (χ4n) is 2.62. The molecule has 2 fully saturated rings. The van der Waals surface area contributed by atoms with E-state index in [4.69, 9.17) is 9.16 Å². The third-order valence-corrected chi connectivity index (χ3v) is 9.28. The predicted molar refractivity (Wildman–Crippen MR) is 70.5 cm³/mol. The van der Waals surface area contributed by atoms with Gasteiger partial charge in [0.15, 0.2) is 8.32 Å². The van der Waals surface area contributed by atoms with Gasteiger partial charge >= 0.3 is 0 Å². The number of aliphatic hydroxyl groups is 1. The first-order valence-corrected chi connectivity index (χ1v) is 9.61. The van der Waals surface area contributed by atoms with Gasteiger partial charge in [-0.3, -0.25) is 0 Å². The lowest BCUT2D eigenvalue weighted by Gasteiger charge is -2.39. The van der Waals surface area contributed by atoms with Crippen molar-refractivity contribution in [2.75, 3.05) is 6.61 Å². The van der Waals surface area contributed by atoms with Crippen LogP contribution in [0, 0.1) is 5.92 Å². The maximum Gasteiger partial charge on any atom is 0.192 e. The van der Waals surface area contributed by atoms with E-state index in [1.165, 1.54) is 0 Å². The van der Waals surface area contributed by atoms with Gasteiger partial charge in [-0.25, -0.2) is 0 Å². The van der Waals surface area contributed by atoms with Crippen LogP contribution in [0.3, 0.4) is 0 Å². The van der Waals surface area contributed by atoms with E-state index in [0.29, 0.717) is 12.5 Å². The molecule has 1 saturated carbocycles. The van der Waals surface area contributed by atoms with Crippen molar-refractivity contribution in [2.45, 2.75) is 70.1 Å². The smallest absolute Gasteiger partial charge is 0.192 e. The van der Waals surface area contributed by atoms with Gasteiger partial charge in [-0.2, -0.15) is 0 Å². The molecule has 17 heavy (non-hydrogen) atoms. The first-order chi connectivity index (χ1) is 7.72. The van der Waals surface area contributed by atoms with Gasteiger partial charge < -0.3 is 14.3 Å². The van der Waals surface area contributed by atoms with Crippen molar-refractivity contribution >= 4 is 8.32 Å². The van der Waals surface area contributed by atoms with Crippen LogP contribution in [0.2, 0.25) is 18.1 Å². The molecule has 0 aromatic carbocycles. The molecular weight excluding hydrogens is 232 g/mol. The second kappa shape index (κ2) is 4.33. The maximum atomic E-state index is 9.81. The molecule has 1 N–H and O–H groups in total. The summed E-state index contributed by atoms with van der Waals surface area (Å²) >= 11 is 0. The largest absolute Gasteiger partial charge is 0.411 e. The molecule has 2 rings (SSSR count). The Bertz CT molecular complexity index is 285. The van der Waals surface area contributed by atoms with Gasteiger partial charge in [-0.1, -0.05) is 20.8 Å². The molecular formula is C13H26O3Si. The normalized spacial score (nSPS) is 38.5. The number of rotatable bonds is 2. The molecule has 0 unspecified atom stereocenters. The molecule has 4 atom stereocenters. The molecule has 0 amide bonds. The van der Waals surface area contributed by atoms with Crippen molar-refractivity contribution in [1.29, 1.82) is 0 Å². The zero-order valence-corrected chi connectivity index (χ0v) is 12.7. The van der Waals surface area contributed by atoms with E-state index in [-0.39, 0.29) is 23.4 Å². The van der Waals surface area contributed by atoms with Crippen LogP contribution in [-0.2, 0) is 9.16 Å². The lowest BCUT2D eigenvalue weighted by molar-refractivity contribution is 0.00508. The van der Waals surface area contributed by atoms with Crippen molar-refractivity contribution in [1.82, 2.24) is 0 Å². The van der Waals surface area contributed by atoms with Gasteiger partial charge in [-0.15, -0.1) is 0 Å². The first kappa shape index (κ1) is 13.5. The highest BCUT2D eigenvalue weighted by atomic mass is 28.4. The average molecular weight is 258 g/mol. The van der Waals surface area contributed by atoms with E-state index in [2.05, 4.69) is 33.9 Å². The van der Waals surface area contributed by atoms with E-state index in [9.17, 15) is 5.11 Å². The minimum atomic E-state index is -1.71. The third kappa shape index (κ3) is 2.45. The van der Waals surface area contributed by atoms with Crippen molar-refractivity contribution < 1.29 is 14.3 Å². The minimum absolute atomic E-state index is 0.0322. The Morgan fingerprint density at radius 1 is 1.24 bits per heavy atom. The van der Waals surface area contributed by atoms with Gasteiger partial charge in [0.25, 0.3) is 0 Å². The van der Waals surface area contributed by atoms with Crippen LogP contribution in [0.1, 0.15) is 33.6 Å². The lowest BCUT2D eigenvalue weighted by atomic mass is 10.0. The molecule has 0 radical (unpaired) electrons. The Kier molecular flexibility index (Phi) is 3.45. The summed E-state index contributed by atoms with van der Waals surface area (Å²) in [6.07, 6.45) is 1.88. The second-order valence-electron chi connectivity index (χ2n) is 7.02. The Hall–Kier alpha value is 0.0969. The predicted octanol–water partition coefficient (Wildman–Crippen LogP) is 2.55. The quantitative estimate of drug-likeness (QED) is 0.774. The zero-order chi connectivity index (χ0) is 12.8. The number of hydrogen-bond acceptors (Lipinski definition) is 3. The van der Waals surface area contributed by atoms with Gasteiger partial charge in [-0.05, 0) is 31.0 Å². The SMILES string of the molecule is CC(C)(C)[Si](C)(C)O[C@@H]1CO[C@H]2[C@@H]1CC[C@H]2O. The highest BCUT2D eigenvalue weighted by molar-refractivity contribution is 6.74. The van der Waals surface area contributed by atoms with Crippen LogP contribution in [0.15, 0.2) is 0 Å². The molecule has 0 aromatic rings. The molecule has 0 aromatic heterocycles. The van der Waals surface area contributed by atoms with E-state index >= 15 is 0 Å². The summed E-state index contributed by atoms with van der Waals surface area (Å²) in [5.41, 5.74) is 0. The molecule has 1 saturated heterocycles. The molecule has 2 aliphatic rings. The molecule has 4 heteroatoms. The van der Waals surface area contributed by atoms with Crippen molar-refractivity contribution in [3.8, 4) is 0 Å². The fourth-order valence-corrected chi connectivity index (χ4v) is 3.97. The minimum Gasteiger partial charge on any atom is -0.411 e. The Balaban J connectivity index is 2.02. The monoisotopic (exact) mass is 258 g/mol. The number of ether oxygens (including phenoxy) is 1. The second-order valence-corrected chi connectivity index (χ2v) is 11.8. The molecule has 1 heterocycles. The van der Waals surface area contributed by atoms with Gasteiger partial charge in [0.2, 0.25) is 0 Å². The summed E-state index contributed by atoms with van der Waals surface area (Å²) in [5, 5.41) is 10.0. The van der Waals surface area contributed by atoms with Crippen LogP contribution in [0.4, 0.5) is 0 Å². The van der Waals surface area contributed by atoms with Crippen LogP contribution < -0.4 is 0 Å². The van der Waals surface area contributed by atoms with E-state index in [1.54, 1.807) is 0 Å². The van der Waals surface area contributed by atoms with E-state index in [0.717, 1.165) is 12.8 Å². The molecule has 3 nitrogen and oxygen atoms in total. The van der Waals surface area contributed by atoms with Crippen LogP contribution in [0.25, 0.3) is 0 Å². The van der Waals surface area contributed by atoms with Crippen LogP contribution in [0.5, 0.6) is 0 Å². The van der Waals surface area contributed by atoms with E-state index in [1.807, 2.05) is 0 Å². The van der Waals surface area contributed by atoms with Crippen molar-refractivity contribution in [2.24, 2.45) is 5.92 Å². The van der Waals surface area contributed by atoms with Gasteiger partial charge in [0, 0.05) is 5.92 Å². The number of fused-ring (bicyclic) bond motifs is 1. The average Bonchev–Trinajstić information content (AvgIpc) is 2.70. The Morgan fingerprint density at radius 3 is 2.47 bits per heavy atom. The number of aliphatic hydroxyl groups excluding tert-OH is 1. The lowest BCUT2D eigenvalue weighted by Crippen LogP contribution is -2.45. The summed E-state index contributed by atoms with van der Waals surface area (Å²) < 4.78 is 12.1. The summed E-state index contributed by atoms with van der Waals surface area (Å²) in [6, 6.07) is 0. The summed E-state index contributed by atoms with van der Waals surface area (Å²) in [4.78, 5) is 0. The Morgan fingerprint density at radius 2 is 1.88 bits per heavy atom. The van der Waals surface area contributed by atoms with Crippen LogP contribution in [-0.4, -0.2) is 38.3 Å². The van der Waals surface area contributed by atoms with Crippen LogP contribution >= 0.6 is 0 Å². The summed E-state index contributed by atoms with van der Waals surface area (Å²) in [7, 11) is -1.71. The maximum absolute atomic E-state index is 9.81. The van der Waals surface area contributed by atoms with E-state index < -0.39 is 8.32 Å². The topological polar surface area (TPSA) is 38.7 Å². The zero-order valence-electron chi connectivity index (χ0n) is 11.7. The molecule has 100 valence electrons. The number of hydrogen-bond donors (Lipinski definition) is 1. The van der Waals surface area contributed by atoms with Crippen molar-refractivity contribution in [3.05, 3.63) is 0 Å². The Labute approximate surface area is 106 Å². The first-order valence-electron chi connectivity index (χ1n) is 6.70. The standard InChI is InChI=1S/C13H26O3Si/c1-13(2,3)17(4,5)16-11-8-15-12-9(11)6-7-10(12)14/h9-12,14H,6-8H2,1-5H3/t9-,10-,11-,12+/m1/s1. The molecule has 0 bridgehead atoms. The fraction of sp³-hybridized carbons (Fsp3) is 1.00. The highest BCUT2D eigenvalue weighted by Crippen LogP contribution is 2.43. The highest BCUT2D eigenvalue weighted by Gasteiger charge is 2.49. The molecule has 0 spiro atoms. The summed E-state index contributed by atoms with van der Waals surface area (Å²) in [5.74, 6) is 0.416. The third-order valence-electron chi connectivity index (χ3n) is 4.78. The van der Waals surface area contributed by atoms with Crippen molar-refractivity contribution in [3.63, 3.8) is 0 Å². The van der Waals surface area contributed by atoms with Gasteiger partial charge in [0.05, 0.1) is 24.9 Å². The summed E-state index contributed by atoms with van der Waals surface area (Å²) in [6.45, 7) is 12.0. The van der Waals surface area contributed by atoms with Gasteiger partial charge in [0.1, 0.15) is 0 Å².